The Labute approximate surface area is 489 Å². The number of benzene rings is 3. The van der Waals surface area contributed by atoms with E-state index in [4.69, 9.17) is 102 Å². The number of methoxy groups -OCH3 is 1. The van der Waals surface area contributed by atoms with Crippen molar-refractivity contribution in [3.8, 4) is 0 Å². The maximum absolute atomic E-state index is 15.2. The van der Waals surface area contributed by atoms with Crippen LogP contribution in [0.4, 0.5) is 0 Å². The highest BCUT2D eigenvalue weighted by molar-refractivity contribution is 6.76. The van der Waals surface area contributed by atoms with Crippen molar-refractivity contribution in [3.63, 3.8) is 0 Å². The molecular formula is C53H60Cl3N7O20. The normalized spacial score (nSPS) is 28.6. The van der Waals surface area contributed by atoms with Crippen molar-refractivity contribution in [1.82, 2.24) is 0 Å². The number of carbonyl (C=O) groups is 6. The Morgan fingerprint density at radius 3 is 1.58 bits per heavy atom. The average Bonchev–Trinajstić information content (AvgIpc) is 1.62. The van der Waals surface area contributed by atoms with Crippen molar-refractivity contribution < 1.29 is 95.5 Å². The van der Waals surface area contributed by atoms with Gasteiger partial charge in [0.15, 0.2) is 24.5 Å². The molecule has 0 unspecified atom stereocenters. The number of ether oxygens (including phenoxy) is 13. The summed E-state index contributed by atoms with van der Waals surface area (Å²) in [4.78, 5) is 86.2. The van der Waals surface area contributed by atoms with Gasteiger partial charge in [-0.05, 0) is 34.7 Å². The molecule has 0 bridgehead atoms. The van der Waals surface area contributed by atoms with Crippen molar-refractivity contribution in [2.45, 2.75) is 156 Å². The van der Waals surface area contributed by atoms with Gasteiger partial charge in [-0.15, -0.1) is 0 Å². The minimum absolute atomic E-state index is 0.0692. The van der Waals surface area contributed by atoms with Gasteiger partial charge in [0.05, 0.1) is 26.9 Å². The first kappa shape index (κ1) is 65.6. The van der Waals surface area contributed by atoms with E-state index in [9.17, 15) is 40.1 Å². The summed E-state index contributed by atoms with van der Waals surface area (Å²) in [5, 5.41) is 29.6. The van der Waals surface area contributed by atoms with E-state index in [1.54, 1.807) is 91.0 Å². The molecule has 30 heteroatoms. The lowest BCUT2D eigenvalue weighted by atomic mass is 9.80. The van der Waals surface area contributed by atoms with E-state index in [1.807, 2.05) is 0 Å². The third-order valence-electron chi connectivity index (χ3n) is 13.0. The third-order valence-corrected chi connectivity index (χ3v) is 13.5. The van der Waals surface area contributed by atoms with Gasteiger partial charge in [0.1, 0.15) is 79.9 Å². The van der Waals surface area contributed by atoms with E-state index in [2.05, 4.69) is 20.1 Å². The van der Waals surface area contributed by atoms with Gasteiger partial charge < -0.3 is 71.5 Å². The number of hydrogen-bond acceptors (Lipinski definition) is 23. The molecular weight excluding hydrogens is 1160 g/mol. The van der Waals surface area contributed by atoms with Crippen molar-refractivity contribution >= 4 is 76.1 Å². The zero-order chi connectivity index (χ0) is 60.4. The maximum atomic E-state index is 15.2. The molecule has 83 heavy (non-hydrogen) atoms. The lowest BCUT2D eigenvalue weighted by molar-refractivity contribution is -0.381. The second-order valence-electron chi connectivity index (χ2n) is 18.9. The van der Waals surface area contributed by atoms with Crippen molar-refractivity contribution in [1.29, 1.82) is 5.41 Å². The SMILES string of the molecule is COC(=O)[C@H]1O[C@@H](O[C@H]2[C@H](OC(C)=O)[C@@H](N=[N+]=[N-])[C@H](OC(=N)C(Cl)(Cl)Cl)O[C@@H]2COC(C)=O)[C@@](O)(C(=O)CCC(C)=O)[C@@H](OCc2ccccc2)[C@@H]1O[C@H]1O[C@H](COC(C)=O)[C@@H](OCc2ccccc2)[C@H](OCc2ccccc2)[C@H]1N=[N+]=[N-]. The molecule has 3 fully saturated rings. The van der Waals surface area contributed by atoms with E-state index in [-0.39, 0.29) is 13.2 Å². The highest BCUT2D eigenvalue weighted by Gasteiger charge is 2.66. The maximum Gasteiger partial charge on any atom is 0.337 e. The first-order valence-corrected chi connectivity index (χ1v) is 26.6. The second-order valence-corrected chi connectivity index (χ2v) is 21.2. The topological polar surface area (TPSA) is 364 Å². The van der Waals surface area contributed by atoms with Gasteiger partial charge in [0, 0.05) is 43.4 Å². The Morgan fingerprint density at radius 2 is 1.11 bits per heavy atom. The second kappa shape index (κ2) is 30.9. The molecule has 448 valence electrons. The van der Waals surface area contributed by atoms with Gasteiger partial charge in [-0.2, -0.15) is 0 Å². The lowest BCUT2D eigenvalue weighted by Gasteiger charge is -2.53. The predicted octanol–water partition coefficient (Wildman–Crippen LogP) is 6.31. The number of halogens is 3. The lowest BCUT2D eigenvalue weighted by Crippen LogP contribution is -2.74. The van der Waals surface area contributed by atoms with E-state index in [0.717, 1.165) is 27.9 Å². The monoisotopic (exact) mass is 1220 g/mol. The Hall–Kier alpha value is -6.52. The van der Waals surface area contributed by atoms with Crippen LogP contribution in [0.5, 0.6) is 0 Å². The zero-order valence-corrected chi connectivity index (χ0v) is 47.5. The number of rotatable bonds is 26. The van der Waals surface area contributed by atoms with Crippen LogP contribution in [0.25, 0.3) is 20.9 Å². The van der Waals surface area contributed by atoms with Gasteiger partial charge in [0.25, 0.3) is 3.79 Å². The predicted molar refractivity (Wildman–Crippen MR) is 286 cm³/mol. The summed E-state index contributed by atoms with van der Waals surface area (Å²) in [7, 11) is 0.953. The zero-order valence-electron chi connectivity index (χ0n) is 45.2. The summed E-state index contributed by atoms with van der Waals surface area (Å²) in [5.74, 6) is -6.89. The van der Waals surface area contributed by atoms with Gasteiger partial charge in [0.2, 0.25) is 17.8 Å². The minimum Gasteiger partial charge on any atom is -0.467 e. The molecule has 3 aromatic carbocycles. The van der Waals surface area contributed by atoms with E-state index >= 15 is 4.79 Å². The highest BCUT2D eigenvalue weighted by atomic mass is 35.6. The summed E-state index contributed by atoms with van der Waals surface area (Å²) in [6.45, 7) is 2.20. The molecule has 3 aliphatic rings. The molecule has 6 rings (SSSR count). The van der Waals surface area contributed by atoms with Crippen molar-refractivity contribution in [2.75, 3.05) is 20.3 Å². The standard InChI is InChI=1S/C53H60Cl3N7O20/c1-28(64)21-22-37(68)52(70)46(76-25-34-19-13-8-14-20-34)44(80-48-38(60-62-58)42(75-24-33-17-11-7-12-18-33)40(35(78-48)26-72-29(2)65)74-23-32-15-9-6-10-16-32)45(47(69)71-5)82-51(52)81-41-36(27-73-30(3)66)79-49(83-50(57)53(54,55)56)39(61-63-59)43(41)77-31(4)67/h6-20,35-36,38-46,48-49,51,57,70H,21-27H2,1-5H3/t35-,36-,38-,39-,40-,41-,42-,43-,44-,45+,46+,48-,49+,51-,52-/m1/s1. The number of aliphatic hydroxyl groups is 1. The molecule has 3 heterocycles. The molecule has 3 aromatic rings. The van der Waals surface area contributed by atoms with Gasteiger partial charge in [-0.3, -0.25) is 24.6 Å². The minimum atomic E-state index is -3.31. The highest BCUT2D eigenvalue weighted by Crippen LogP contribution is 2.43. The number of esters is 4. The van der Waals surface area contributed by atoms with E-state index < -0.39 is 169 Å². The summed E-state index contributed by atoms with van der Waals surface area (Å²) in [6.07, 6.45) is -24.1. The fourth-order valence-electron chi connectivity index (χ4n) is 9.13. The molecule has 0 amide bonds. The fourth-order valence-corrected chi connectivity index (χ4v) is 9.26. The first-order chi connectivity index (χ1) is 39.6. The number of carbonyl (C=O) groups excluding carboxylic acids is 6. The molecule has 0 radical (unpaired) electrons. The Kier molecular flexibility index (Phi) is 24.4. The summed E-state index contributed by atoms with van der Waals surface area (Å²) in [5.41, 5.74) is 18.6. The summed E-state index contributed by atoms with van der Waals surface area (Å²) in [6, 6.07) is 22.4. The fraction of sp³-hybridized carbons (Fsp3) is 0.528. The van der Waals surface area contributed by atoms with Crippen LogP contribution in [0.1, 0.15) is 57.2 Å². The number of ketones is 2. The molecule has 0 spiro atoms. The van der Waals surface area contributed by atoms with E-state index in [1.165, 1.54) is 6.92 Å². The quantitative estimate of drug-likeness (QED) is 0.0130. The molecule has 0 saturated carbocycles. The summed E-state index contributed by atoms with van der Waals surface area (Å²) < 4.78 is 76.4. The van der Waals surface area contributed by atoms with Crippen LogP contribution in [0.3, 0.4) is 0 Å². The van der Waals surface area contributed by atoms with Crippen LogP contribution in [-0.4, -0.2) is 162 Å². The summed E-state index contributed by atoms with van der Waals surface area (Å²) >= 11 is 17.8. The Balaban J connectivity index is 1.55. The Bertz CT molecular complexity index is 2820. The van der Waals surface area contributed by atoms with Crippen LogP contribution in [0.15, 0.2) is 101 Å². The van der Waals surface area contributed by atoms with Crippen molar-refractivity contribution in [2.24, 2.45) is 10.2 Å². The van der Waals surface area contributed by atoms with Crippen LogP contribution in [0, 0.1) is 5.41 Å². The molecule has 3 saturated heterocycles. The van der Waals surface area contributed by atoms with Gasteiger partial charge in [-0.25, -0.2) is 4.79 Å². The van der Waals surface area contributed by atoms with Crippen LogP contribution >= 0.6 is 34.8 Å². The number of alkyl halides is 3. The number of nitrogens with zero attached hydrogens (tertiary/aromatic N) is 6. The molecule has 0 aliphatic carbocycles. The van der Waals surface area contributed by atoms with Gasteiger partial charge >= 0.3 is 23.9 Å². The molecule has 0 aromatic heterocycles. The van der Waals surface area contributed by atoms with Crippen LogP contribution in [-0.2, 0) is 110 Å². The van der Waals surface area contributed by atoms with Gasteiger partial charge in [-0.1, -0.05) is 136 Å². The molecule has 2 N–H and O–H groups in total. The largest absolute Gasteiger partial charge is 0.467 e. The van der Waals surface area contributed by atoms with E-state index in [0.29, 0.717) is 16.7 Å². The first-order valence-electron chi connectivity index (χ1n) is 25.5. The molecule has 15 atom stereocenters. The Morgan fingerprint density at radius 1 is 0.627 bits per heavy atom. The van der Waals surface area contributed by atoms with Crippen LogP contribution < -0.4 is 0 Å². The average molecular weight is 1220 g/mol. The molecule has 3 aliphatic heterocycles. The number of azide groups is 2. The smallest absolute Gasteiger partial charge is 0.337 e. The number of hydrogen-bond donors (Lipinski definition) is 2. The van der Waals surface area contributed by atoms with Crippen molar-refractivity contribution in [3.05, 3.63) is 129 Å². The third kappa shape index (κ3) is 17.8. The van der Waals surface area contributed by atoms with Crippen LogP contribution in [0.2, 0.25) is 0 Å². The number of Topliss-reactive ketones (excluding diaryl/α,β-unsaturated/α-hetero) is 2. The number of nitrogens with one attached hydrogen (secondary N) is 1. The molecule has 27 nitrogen and oxygen atoms in total.